The molecular weight excluding hydrogens is 782 g/mol. The van der Waals surface area contributed by atoms with Gasteiger partial charge >= 0.3 is 23.9 Å². The Balaban J connectivity index is 0.000000602. The van der Waals surface area contributed by atoms with E-state index in [2.05, 4.69) is 0 Å². The second-order valence-electron chi connectivity index (χ2n) is 5.23. The minimum Gasteiger partial charge on any atom is -0.478 e. The Morgan fingerprint density at radius 3 is 0.576 bits per heavy atom. The number of halogens is 8. The van der Waals surface area contributed by atoms with Crippen LogP contribution < -0.4 is 0 Å². The number of hydrogen-bond donors (Lipinski definition) is 4. The summed E-state index contributed by atoms with van der Waals surface area (Å²) in [5, 5.41) is 32.3. The minimum atomic E-state index is -1.55. The predicted molar refractivity (Wildman–Crippen MR) is 121 cm³/mol. The van der Waals surface area contributed by atoms with E-state index in [-0.39, 0.29) is 45.9 Å². The van der Waals surface area contributed by atoms with Crippen molar-refractivity contribution in [3.63, 3.8) is 0 Å². The fourth-order valence-electron chi connectivity index (χ4n) is 2.07. The van der Waals surface area contributed by atoms with Crippen molar-refractivity contribution in [2.75, 3.05) is 0 Å². The van der Waals surface area contributed by atoms with Crippen LogP contribution in [0.2, 0.25) is 40.2 Å². The van der Waals surface area contributed by atoms with Gasteiger partial charge in [-0.3, -0.25) is 0 Å². The summed E-state index contributed by atoms with van der Waals surface area (Å²) in [6.07, 6.45) is 0. The molecule has 2 rings (SSSR count). The smallest absolute Gasteiger partial charge is 0.338 e. The summed E-state index contributed by atoms with van der Waals surface area (Å²) >= 11 is 44.8. The summed E-state index contributed by atoms with van der Waals surface area (Å²) in [6.45, 7) is 0. The van der Waals surface area contributed by atoms with Crippen molar-refractivity contribution in [1.29, 1.82) is 0 Å². The standard InChI is InChI=1S/2C8H2Cl4O4.Hf/c2*9-3-1(7(13)14)2(8(15)16)4(10)6(12)5(3)11;/h2*(H,13,14)(H,15,16);. The molecule has 4 N–H and O–H groups in total. The van der Waals surface area contributed by atoms with Crippen LogP contribution in [0.25, 0.3) is 0 Å². The number of hydrogen-bond acceptors (Lipinski definition) is 4. The summed E-state index contributed by atoms with van der Waals surface area (Å²) in [7, 11) is 0. The van der Waals surface area contributed by atoms with E-state index < -0.39 is 66.2 Å². The summed E-state index contributed by atoms with van der Waals surface area (Å²) in [5.41, 5.74) is -2.75. The third-order valence-electron chi connectivity index (χ3n) is 3.39. The van der Waals surface area contributed by atoms with Gasteiger partial charge in [-0.15, -0.1) is 0 Å². The Kier molecular flexibility index (Phi) is 12.8. The van der Waals surface area contributed by atoms with Crippen molar-refractivity contribution in [1.82, 2.24) is 0 Å². The fourth-order valence-corrected chi connectivity index (χ4v) is 4.10. The molecule has 17 heteroatoms. The largest absolute Gasteiger partial charge is 0.478 e. The van der Waals surface area contributed by atoms with E-state index >= 15 is 0 Å². The van der Waals surface area contributed by atoms with E-state index in [0.717, 1.165) is 0 Å². The van der Waals surface area contributed by atoms with Crippen molar-refractivity contribution < 1.29 is 65.4 Å². The van der Waals surface area contributed by atoms with E-state index in [1.165, 1.54) is 0 Å². The molecule has 0 aliphatic carbocycles. The van der Waals surface area contributed by atoms with Gasteiger partial charge in [-0.1, -0.05) is 92.8 Å². The summed E-state index contributed by atoms with van der Waals surface area (Å²) in [4.78, 5) is 43.4. The molecule has 2 aromatic rings. The molecule has 0 bridgehead atoms. The molecule has 0 spiro atoms. The summed E-state index contributed by atoms with van der Waals surface area (Å²) < 4.78 is 0. The molecule has 0 aliphatic rings. The van der Waals surface area contributed by atoms with Crippen LogP contribution in [-0.2, 0) is 25.8 Å². The van der Waals surface area contributed by atoms with E-state index in [1.807, 2.05) is 0 Å². The number of aromatic carboxylic acids is 4. The van der Waals surface area contributed by atoms with Crippen LogP contribution in [0.4, 0.5) is 0 Å². The van der Waals surface area contributed by atoms with Crippen LogP contribution in [0.1, 0.15) is 41.4 Å². The van der Waals surface area contributed by atoms with Crippen molar-refractivity contribution in [2.45, 2.75) is 0 Å². The molecule has 0 atom stereocenters. The van der Waals surface area contributed by atoms with Crippen LogP contribution in [-0.4, -0.2) is 44.3 Å². The van der Waals surface area contributed by atoms with Gasteiger partial charge in [-0.25, -0.2) is 19.2 Å². The average Bonchev–Trinajstić information content (AvgIpc) is 2.69. The normalized spacial score (nSPS) is 9.94. The number of carbonyl (C=O) groups is 4. The van der Waals surface area contributed by atoms with Gasteiger partial charge in [0.25, 0.3) is 0 Å². The zero-order chi connectivity index (χ0) is 25.2. The van der Waals surface area contributed by atoms with E-state index in [9.17, 15) is 19.2 Å². The van der Waals surface area contributed by atoms with Crippen LogP contribution in [0.3, 0.4) is 0 Å². The quantitative estimate of drug-likeness (QED) is 0.143. The van der Waals surface area contributed by atoms with Gasteiger partial charge in [0.2, 0.25) is 0 Å². The zero-order valence-electron chi connectivity index (χ0n) is 14.9. The molecule has 0 aromatic heterocycles. The number of rotatable bonds is 4. The van der Waals surface area contributed by atoms with Crippen LogP contribution in [0, 0.1) is 0 Å². The first-order valence-electron chi connectivity index (χ1n) is 7.22. The first-order chi connectivity index (χ1) is 14.6. The van der Waals surface area contributed by atoms with Gasteiger partial charge in [0.05, 0.1) is 62.4 Å². The monoisotopic (exact) mass is 784 g/mol. The second kappa shape index (κ2) is 13.0. The zero-order valence-corrected chi connectivity index (χ0v) is 24.6. The van der Waals surface area contributed by atoms with Crippen molar-refractivity contribution in [3.8, 4) is 0 Å². The molecule has 8 nitrogen and oxygen atoms in total. The molecule has 33 heavy (non-hydrogen) atoms. The molecule has 0 saturated heterocycles. The van der Waals surface area contributed by atoms with Gasteiger partial charge in [0.1, 0.15) is 0 Å². The SMILES string of the molecule is O=C(O)c1c(Cl)c(Cl)c(Cl)c(Cl)c1C(=O)O.O=C(O)c1c(Cl)c(Cl)c(Cl)c(Cl)c1C(=O)O.[Hf]. The van der Waals surface area contributed by atoms with E-state index in [1.54, 1.807) is 0 Å². The van der Waals surface area contributed by atoms with Gasteiger partial charge in [0.15, 0.2) is 0 Å². The molecule has 176 valence electrons. The van der Waals surface area contributed by atoms with Crippen molar-refractivity contribution >= 4 is 117 Å². The number of carboxylic acids is 4. The molecule has 0 radical (unpaired) electrons. The number of carboxylic acid groups (broad SMARTS) is 4. The van der Waals surface area contributed by atoms with E-state index in [0.29, 0.717) is 0 Å². The topological polar surface area (TPSA) is 149 Å². The second-order valence-corrected chi connectivity index (χ2v) is 8.26. The average molecular weight is 786 g/mol. The molecule has 0 fully saturated rings. The Bertz CT molecular complexity index is 1000. The first kappa shape index (κ1) is 32.5. The maximum Gasteiger partial charge on any atom is 0.338 e. The Morgan fingerprint density at radius 2 is 0.485 bits per heavy atom. The van der Waals surface area contributed by atoms with Crippen LogP contribution in [0.15, 0.2) is 0 Å². The maximum absolute atomic E-state index is 10.9. The molecule has 0 saturated carbocycles. The van der Waals surface area contributed by atoms with Gasteiger partial charge in [0, 0.05) is 25.8 Å². The molecule has 0 unspecified atom stereocenters. The summed E-state index contributed by atoms with van der Waals surface area (Å²) in [6, 6.07) is 0. The van der Waals surface area contributed by atoms with Gasteiger partial charge in [-0.05, 0) is 0 Å². The Hall–Kier alpha value is -0.490. The Labute approximate surface area is 242 Å². The number of benzene rings is 2. The van der Waals surface area contributed by atoms with Crippen molar-refractivity contribution in [3.05, 3.63) is 62.4 Å². The molecule has 0 heterocycles. The molecule has 2 aromatic carbocycles. The van der Waals surface area contributed by atoms with E-state index in [4.69, 9.17) is 113 Å². The first-order valence-corrected chi connectivity index (χ1v) is 10.2. The Morgan fingerprint density at radius 1 is 0.364 bits per heavy atom. The minimum absolute atomic E-state index is 0. The molecular formula is C16H4Cl8HfO8. The van der Waals surface area contributed by atoms with Crippen molar-refractivity contribution in [2.24, 2.45) is 0 Å². The van der Waals surface area contributed by atoms with Crippen LogP contribution in [0.5, 0.6) is 0 Å². The summed E-state index contributed by atoms with van der Waals surface area (Å²) in [5.74, 6) is -6.21. The molecule has 0 amide bonds. The fraction of sp³-hybridized carbons (Fsp3) is 0. The van der Waals surface area contributed by atoms with Gasteiger partial charge < -0.3 is 20.4 Å². The molecule has 0 aliphatic heterocycles. The predicted octanol–water partition coefficient (Wildman–Crippen LogP) is 7.39. The maximum atomic E-state index is 10.9. The van der Waals surface area contributed by atoms with Gasteiger partial charge in [-0.2, -0.15) is 0 Å². The van der Waals surface area contributed by atoms with Crippen LogP contribution >= 0.6 is 92.8 Å². The third kappa shape index (κ3) is 6.80. The third-order valence-corrected chi connectivity index (χ3v) is 6.99.